The SMILES string of the molecule is CCCC#C[C@H](N[S@](=O)C(C)(C)C)c1ccccc1. The molecule has 1 aromatic rings. The van der Waals surface area contributed by atoms with E-state index in [2.05, 4.69) is 23.5 Å². The van der Waals surface area contributed by atoms with E-state index in [-0.39, 0.29) is 10.8 Å². The summed E-state index contributed by atoms with van der Waals surface area (Å²) in [6, 6.07) is 9.78. The number of hydrogen-bond acceptors (Lipinski definition) is 1. The number of rotatable bonds is 4. The molecule has 1 rings (SSSR count). The van der Waals surface area contributed by atoms with Crippen molar-refractivity contribution in [1.29, 1.82) is 0 Å². The molecule has 0 radical (unpaired) electrons. The summed E-state index contributed by atoms with van der Waals surface area (Å²) in [5.41, 5.74) is 1.06. The average molecular weight is 277 g/mol. The molecule has 0 saturated heterocycles. The van der Waals surface area contributed by atoms with Gasteiger partial charge >= 0.3 is 0 Å². The smallest absolute Gasteiger partial charge is 0.106 e. The highest BCUT2D eigenvalue weighted by Gasteiger charge is 2.22. The van der Waals surface area contributed by atoms with Crippen LogP contribution in [-0.2, 0) is 11.0 Å². The van der Waals surface area contributed by atoms with Gasteiger partial charge in [-0.2, -0.15) is 0 Å². The predicted molar refractivity (Wildman–Crippen MR) is 82.9 cm³/mol. The van der Waals surface area contributed by atoms with E-state index in [4.69, 9.17) is 0 Å². The lowest BCUT2D eigenvalue weighted by atomic mass is 10.1. The largest absolute Gasteiger partial charge is 0.242 e. The Kier molecular flexibility index (Phi) is 6.27. The first kappa shape index (κ1) is 15.9. The van der Waals surface area contributed by atoms with E-state index >= 15 is 0 Å². The highest BCUT2D eigenvalue weighted by atomic mass is 32.2. The average Bonchev–Trinajstić information content (AvgIpc) is 2.37. The Hall–Kier alpha value is -1.11. The molecular weight excluding hydrogens is 254 g/mol. The van der Waals surface area contributed by atoms with E-state index in [1.165, 1.54) is 0 Å². The Morgan fingerprint density at radius 2 is 1.89 bits per heavy atom. The third-order valence-corrected chi connectivity index (χ3v) is 4.10. The molecule has 19 heavy (non-hydrogen) atoms. The topological polar surface area (TPSA) is 29.1 Å². The van der Waals surface area contributed by atoms with Crippen LogP contribution in [0.15, 0.2) is 30.3 Å². The van der Waals surface area contributed by atoms with E-state index in [1.54, 1.807) is 0 Å². The Balaban J connectivity index is 2.89. The van der Waals surface area contributed by atoms with Gasteiger partial charge in [0.15, 0.2) is 0 Å². The second-order valence-corrected chi connectivity index (χ2v) is 7.41. The van der Waals surface area contributed by atoms with Gasteiger partial charge < -0.3 is 0 Å². The molecule has 0 aliphatic heterocycles. The third kappa shape index (κ3) is 5.59. The van der Waals surface area contributed by atoms with Crippen LogP contribution in [0.1, 0.15) is 52.1 Å². The Bertz CT molecular complexity index is 465. The summed E-state index contributed by atoms with van der Waals surface area (Å²) in [7, 11) is -1.13. The zero-order valence-electron chi connectivity index (χ0n) is 12.2. The highest BCUT2D eigenvalue weighted by Crippen LogP contribution is 2.16. The summed E-state index contributed by atoms with van der Waals surface area (Å²) in [5.74, 6) is 6.33. The van der Waals surface area contributed by atoms with Crippen LogP contribution in [0.3, 0.4) is 0 Å². The fourth-order valence-corrected chi connectivity index (χ4v) is 2.17. The third-order valence-electron chi connectivity index (χ3n) is 2.54. The van der Waals surface area contributed by atoms with E-state index in [0.717, 1.165) is 18.4 Å². The number of unbranched alkanes of at least 4 members (excludes halogenated alkanes) is 1. The Morgan fingerprint density at radius 1 is 1.26 bits per heavy atom. The van der Waals surface area contributed by atoms with Crippen molar-refractivity contribution in [2.24, 2.45) is 0 Å². The molecular formula is C16H23NOS. The van der Waals surface area contributed by atoms with Crippen LogP contribution in [0.4, 0.5) is 0 Å². The minimum Gasteiger partial charge on any atom is -0.242 e. The first-order valence-corrected chi connectivity index (χ1v) is 7.81. The lowest BCUT2D eigenvalue weighted by Gasteiger charge is -2.21. The van der Waals surface area contributed by atoms with Gasteiger partial charge in [-0.15, -0.1) is 5.92 Å². The van der Waals surface area contributed by atoms with Gasteiger partial charge in [-0.05, 0) is 32.8 Å². The molecule has 1 aromatic carbocycles. The molecule has 0 spiro atoms. The van der Waals surface area contributed by atoms with Crippen LogP contribution in [0.2, 0.25) is 0 Å². The minimum atomic E-state index is -1.13. The molecule has 0 fully saturated rings. The summed E-state index contributed by atoms with van der Waals surface area (Å²) >= 11 is 0. The Labute approximate surface area is 119 Å². The van der Waals surface area contributed by atoms with Crippen LogP contribution < -0.4 is 4.72 Å². The fraction of sp³-hybridized carbons (Fsp3) is 0.500. The number of nitrogens with one attached hydrogen (secondary N) is 1. The quantitative estimate of drug-likeness (QED) is 0.837. The molecule has 2 nitrogen and oxygen atoms in total. The maximum absolute atomic E-state index is 12.2. The first-order chi connectivity index (χ1) is 8.95. The van der Waals surface area contributed by atoms with Gasteiger partial charge in [0, 0.05) is 6.42 Å². The summed E-state index contributed by atoms with van der Waals surface area (Å²) in [4.78, 5) is 0. The second kappa shape index (κ2) is 7.47. The monoisotopic (exact) mass is 277 g/mol. The molecule has 104 valence electrons. The number of benzene rings is 1. The number of hydrogen-bond donors (Lipinski definition) is 1. The van der Waals surface area contributed by atoms with Crippen molar-refractivity contribution in [2.75, 3.05) is 0 Å². The van der Waals surface area contributed by atoms with Gasteiger partial charge in [0.25, 0.3) is 0 Å². The summed E-state index contributed by atoms with van der Waals surface area (Å²) in [6.07, 6.45) is 1.91. The minimum absolute atomic E-state index is 0.173. The van der Waals surface area contributed by atoms with E-state index in [1.807, 2.05) is 51.1 Å². The molecule has 0 heterocycles. The molecule has 0 unspecified atom stereocenters. The summed E-state index contributed by atoms with van der Waals surface area (Å²) < 4.78 is 15.1. The predicted octanol–water partition coefficient (Wildman–Crippen LogP) is 3.58. The Morgan fingerprint density at radius 3 is 2.42 bits per heavy atom. The summed E-state index contributed by atoms with van der Waals surface area (Å²) in [6.45, 7) is 7.97. The molecule has 2 atom stereocenters. The van der Waals surface area contributed by atoms with E-state index in [0.29, 0.717) is 0 Å². The van der Waals surface area contributed by atoms with Crippen molar-refractivity contribution in [3.05, 3.63) is 35.9 Å². The van der Waals surface area contributed by atoms with Crippen molar-refractivity contribution >= 4 is 11.0 Å². The second-order valence-electron chi connectivity index (χ2n) is 5.41. The standard InChI is InChI=1S/C16H23NOS/c1-5-6-8-13-15(14-11-9-7-10-12-14)17-19(18)16(2,3)4/h7,9-12,15,17H,5-6H2,1-4H3/t15-,19+/m0/s1. The van der Waals surface area contributed by atoms with Crippen molar-refractivity contribution < 1.29 is 4.21 Å². The van der Waals surface area contributed by atoms with Crippen LogP contribution in [0.25, 0.3) is 0 Å². The maximum atomic E-state index is 12.2. The molecule has 0 aromatic heterocycles. The van der Waals surface area contributed by atoms with Gasteiger partial charge in [0.1, 0.15) is 6.04 Å². The molecule has 0 aliphatic carbocycles. The molecule has 3 heteroatoms. The van der Waals surface area contributed by atoms with Gasteiger partial charge in [0.2, 0.25) is 0 Å². The lowest BCUT2D eigenvalue weighted by molar-refractivity contribution is 0.628. The molecule has 0 bridgehead atoms. The van der Waals surface area contributed by atoms with Crippen molar-refractivity contribution in [1.82, 2.24) is 4.72 Å². The van der Waals surface area contributed by atoms with Crippen molar-refractivity contribution in [2.45, 2.75) is 51.3 Å². The van der Waals surface area contributed by atoms with E-state index < -0.39 is 11.0 Å². The normalized spacial score (nSPS) is 14.3. The maximum Gasteiger partial charge on any atom is 0.106 e. The van der Waals surface area contributed by atoms with Crippen LogP contribution in [0, 0.1) is 11.8 Å². The van der Waals surface area contributed by atoms with Crippen LogP contribution in [0.5, 0.6) is 0 Å². The van der Waals surface area contributed by atoms with Gasteiger partial charge in [-0.3, -0.25) is 0 Å². The lowest BCUT2D eigenvalue weighted by Crippen LogP contribution is -2.35. The zero-order valence-corrected chi connectivity index (χ0v) is 13.0. The zero-order chi connectivity index (χ0) is 14.3. The van der Waals surface area contributed by atoms with Gasteiger partial charge in [-0.1, -0.05) is 43.2 Å². The summed E-state index contributed by atoms with van der Waals surface area (Å²) in [5, 5.41) is 0. The van der Waals surface area contributed by atoms with Crippen molar-refractivity contribution in [3.8, 4) is 11.8 Å². The molecule has 0 saturated carbocycles. The van der Waals surface area contributed by atoms with Gasteiger partial charge in [0.05, 0.1) is 15.7 Å². The van der Waals surface area contributed by atoms with Gasteiger partial charge in [-0.25, -0.2) is 8.93 Å². The molecule has 0 aliphatic rings. The van der Waals surface area contributed by atoms with Crippen LogP contribution in [-0.4, -0.2) is 8.96 Å². The highest BCUT2D eigenvalue weighted by molar-refractivity contribution is 7.84. The molecule has 1 N–H and O–H groups in total. The molecule has 0 amide bonds. The van der Waals surface area contributed by atoms with E-state index in [9.17, 15) is 4.21 Å². The first-order valence-electron chi connectivity index (χ1n) is 6.66. The van der Waals surface area contributed by atoms with Crippen molar-refractivity contribution in [3.63, 3.8) is 0 Å². The van der Waals surface area contributed by atoms with Crippen LogP contribution >= 0.6 is 0 Å². The fourth-order valence-electron chi connectivity index (χ4n) is 1.41.